The van der Waals surface area contributed by atoms with E-state index in [-0.39, 0.29) is 18.9 Å². The Bertz CT molecular complexity index is 596. The van der Waals surface area contributed by atoms with E-state index in [9.17, 15) is 4.79 Å². The van der Waals surface area contributed by atoms with Crippen molar-refractivity contribution in [1.82, 2.24) is 0 Å². The average Bonchev–Trinajstić information content (AvgIpc) is 3.30. The van der Waals surface area contributed by atoms with E-state index in [1.54, 1.807) is 0 Å². The second-order valence-corrected chi connectivity index (χ2v) is 8.08. The minimum absolute atomic E-state index is 0.0295. The van der Waals surface area contributed by atoms with Crippen LogP contribution in [-0.2, 0) is 25.0 Å². The van der Waals surface area contributed by atoms with Crippen molar-refractivity contribution in [3.63, 3.8) is 0 Å². The fraction of sp³-hybridized carbons (Fsp3) is 0.632. The smallest absolute Gasteiger partial charge is 0.318 e. The normalized spacial score (nSPS) is 17.7. The number of ether oxygens (including phenoxy) is 3. The van der Waals surface area contributed by atoms with Crippen molar-refractivity contribution >= 4 is 14.3 Å². The number of hydrogen-bond acceptors (Lipinski definition) is 6. The van der Waals surface area contributed by atoms with Crippen LogP contribution in [0.2, 0.25) is 0 Å². The quantitative estimate of drug-likeness (QED) is 0.471. The fourth-order valence-corrected chi connectivity index (χ4v) is 4.79. The molecule has 0 aromatic heterocycles. The van der Waals surface area contributed by atoms with Crippen molar-refractivity contribution in [2.75, 3.05) is 20.0 Å². The third-order valence-electron chi connectivity index (χ3n) is 4.49. The van der Waals surface area contributed by atoms with Crippen LogP contribution in [-0.4, -0.2) is 37.7 Å². The van der Waals surface area contributed by atoms with E-state index < -0.39 is 14.0 Å². The van der Waals surface area contributed by atoms with Crippen molar-refractivity contribution in [2.24, 2.45) is 0 Å². The molecule has 1 aromatic carbocycles. The van der Waals surface area contributed by atoms with Gasteiger partial charge in [-0.25, -0.2) is 0 Å². The van der Waals surface area contributed by atoms with Gasteiger partial charge in [-0.1, -0.05) is 6.07 Å². The van der Waals surface area contributed by atoms with Crippen molar-refractivity contribution < 1.29 is 28.1 Å². The molecule has 0 spiro atoms. The summed E-state index contributed by atoms with van der Waals surface area (Å²) in [6.45, 7) is 5.05. The Morgan fingerprint density at radius 3 is 2.54 bits per heavy atom. The van der Waals surface area contributed by atoms with Gasteiger partial charge in [-0.3, -0.25) is 4.79 Å². The topological polar surface area (TPSA) is 63.2 Å². The molecule has 26 heavy (non-hydrogen) atoms. The van der Waals surface area contributed by atoms with Crippen LogP contribution in [0.3, 0.4) is 0 Å². The Morgan fingerprint density at radius 2 is 1.85 bits per heavy atom. The van der Waals surface area contributed by atoms with E-state index in [0.29, 0.717) is 25.4 Å². The molecular formula is C19H27O6P. The molecule has 6 nitrogen and oxygen atoms in total. The summed E-state index contributed by atoms with van der Waals surface area (Å²) in [5.41, 5.74) is 0.528. The summed E-state index contributed by atoms with van der Waals surface area (Å²) in [5.74, 6) is 1.22. The number of esters is 1. The third-order valence-corrected chi connectivity index (χ3v) is 6.42. The van der Waals surface area contributed by atoms with Crippen LogP contribution in [0.4, 0.5) is 0 Å². The van der Waals surface area contributed by atoms with Gasteiger partial charge in [0, 0.05) is 0 Å². The lowest BCUT2D eigenvalue weighted by Gasteiger charge is -2.25. The first-order valence-corrected chi connectivity index (χ1v) is 10.6. The molecule has 1 heterocycles. The summed E-state index contributed by atoms with van der Waals surface area (Å²) in [6, 6.07) is 5.75. The molecule has 1 aliphatic carbocycles. The second-order valence-electron chi connectivity index (χ2n) is 6.37. The standard InChI is InChI=1S/C19H27O6P/c1-3-23-26(24-4-2)18(19(20)25-15-7-5-6-8-15)12-14-9-10-16-17(11-14)22-13-21-16/h9-11,15,18H,3-8,12-13H2,1-2H3. The number of benzene rings is 1. The lowest BCUT2D eigenvalue weighted by atomic mass is 10.1. The molecule has 2 aliphatic rings. The number of carbonyl (C=O) groups is 1. The SMILES string of the molecule is CCOP(OCC)C(Cc1ccc2c(c1)OCO2)C(=O)OC1CCCC1. The molecular weight excluding hydrogens is 355 g/mol. The molecule has 1 unspecified atom stereocenters. The predicted octanol–water partition coefficient (Wildman–Crippen LogP) is 4.20. The van der Waals surface area contributed by atoms with E-state index in [2.05, 4.69) is 0 Å². The molecule has 0 N–H and O–H groups in total. The molecule has 1 atom stereocenters. The maximum absolute atomic E-state index is 12.9. The molecule has 0 amide bonds. The first-order chi connectivity index (χ1) is 12.7. The van der Waals surface area contributed by atoms with Gasteiger partial charge in [-0.15, -0.1) is 0 Å². The maximum atomic E-state index is 12.9. The van der Waals surface area contributed by atoms with Crippen LogP contribution in [0.15, 0.2) is 18.2 Å². The van der Waals surface area contributed by atoms with E-state index in [4.69, 9.17) is 23.3 Å². The average molecular weight is 382 g/mol. The molecule has 0 radical (unpaired) electrons. The number of rotatable bonds is 9. The molecule has 0 saturated heterocycles. The molecule has 3 rings (SSSR count). The van der Waals surface area contributed by atoms with Gasteiger partial charge in [0.05, 0.1) is 13.2 Å². The number of carbonyl (C=O) groups excluding carboxylic acids is 1. The Balaban J connectivity index is 1.75. The van der Waals surface area contributed by atoms with Crippen LogP contribution in [0.25, 0.3) is 0 Å². The summed E-state index contributed by atoms with van der Waals surface area (Å²) >= 11 is 0. The molecule has 1 saturated carbocycles. The van der Waals surface area contributed by atoms with Gasteiger partial charge >= 0.3 is 5.97 Å². The first kappa shape index (κ1) is 19.4. The van der Waals surface area contributed by atoms with E-state index in [1.165, 1.54) is 0 Å². The van der Waals surface area contributed by atoms with Crippen molar-refractivity contribution in [2.45, 2.75) is 57.7 Å². The van der Waals surface area contributed by atoms with E-state index in [0.717, 1.165) is 37.0 Å². The maximum Gasteiger partial charge on any atom is 0.318 e. The highest BCUT2D eigenvalue weighted by atomic mass is 31.2. The van der Waals surface area contributed by atoms with Gasteiger partial charge in [0.2, 0.25) is 6.79 Å². The highest BCUT2D eigenvalue weighted by Gasteiger charge is 2.35. The molecule has 1 fully saturated rings. The monoisotopic (exact) mass is 382 g/mol. The fourth-order valence-electron chi connectivity index (χ4n) is 3.26. The molecule has 1 aromatic rings. The van der Waals surface area contributed by atoms with Gasteiger partial charge in [0.15, 0.2) is 19.9 Å². The van der Waals surface area contributed by atoms with Gasteiger partial charge in [-0.2, -0.15) is 0 Å². The number of fused-ring (bicyclic) bond motifs is 1. The Kier molecular flexibility index (Phi) is 7.12. The van der Waals surface area contributed by atoms with Gasteiger partial charge < -0.3 is 23.3 Å². The zero-order chi connectivity index (χ0) is 18.4. The Hall–Kier alpha value is -1.36. The molecule has 144 valence electrons. The molecule has 7 heteroatoms. The largest absolute Gasteiger partial charge is 0.462 e. The van der Waals surface area contributed by atoms with Crippen LogP contribution in [0.1, 0.15) is 45.1 Å². The van der Waals surface area contributed by atoms with Gasteiger partial charge in [0.1, 0.15) is 11.8 Å². The van der Waals surface area contributed by atoms with Gasteiger partial charge in [-0.05, 0) is 63.6 Å². The second kappa shape index (κ2) is 9.54. The summed E-state index contributed by atoms with van der Waals surface area (Å²) in [5, 5.41) is 0. The van der Waals surface area contributed by atoms with Crippen LogP contribution in [0, 0.1) is 0 Å². The van der Waals surface area contributed by atoms with Crippen molar-refractivity contribution in [1.29, 1.82) is 0 Å². The highest BCUT2D eigenvalue weighted by Crippen LogP contribution is 2.46. The van der Waals surface area contributed by atoms with E-state index >= 15 is 0 Å². The molecule has 1 aliphatic heterocycles. The highest BCUT2D eigenvalue weighted by molar-refractivity contribution is 7.49. The lowest BCUT2D eigenvalue weighted by Crippen LogP contribution is -2.29. The summed E-state index contributed by atoms with van der Waals surface area (Å²) < 4.78 is 28.1. The van der Waals surface area contributed by atoms with Crippen LogP contribution in [0.5, 0.6) is 11.5 Å². The van der Waals surface area contributed by atoms with Crippen molar-refractivity contribution in [3.05, 3.63) is 23.8 Å². The third kappa shape index (κ3) is 4.87. The minimum Gasteiger partial charge on any atom is -0.462 e. The van der Waals surface area contributed by atoms with Crippen molar-refractivity contribution in [3.8, 4) is 11.5 Å². The van der Waals surface area contributed by atoms with Gasteiger partial charge in [0.25, 0.3) is 0 Å². The summed E-state index contributed by atoms with van der Waals surface area (Å²) in [7, 11) is -1.36. The van der Waals surface area contributed by atoms with Crippen LogP contribution >= 0.6 is 8.38 Å². The minimum atomic E-state index is -1.36. The molecule has 0 bridgehead atoms. The zero-order valence-corrected chi connectivity index (χ0v) is 16.3. The Labute approximate surface area is 156 Å². The first-order valence-electron chi connectivity index (χ1n) is 9.35. The lowest BCUT2D eigenvalue weighted by molar-refractivity contribution is -0.148. The van der Waals surface area contributed by atoms with E-state index in [1.807, 2.05) is 32.0 Å². The zero-order valence-electron chi connectivity index (χ0n) is 15.4. The predicted molar refractivity (Wildman–Crippen MR) is 98.6 cm³/mol. The summed E-state index contributed by atoms with van der Waals surface area (Å²) in [4.78, 5) is 12.9. The Morgan fingerprint density at radius 1 is 1.15 bits per heavy atom. The summed E-state index contributed by atoms with van der Waals surface area (Å²) in [6.07, 6.45) is 4.66. The van der Waals surface area contributed by atoms with Crippen LogP contribution < -0.4 is 9.47 Å². The number of hydrogen-bond donors (Lipinski definition) is 0.